The predicted molar refractivity (Wildman–Crippen MR) is 67.7 cm³/mol. The number of rotatable bonds is 6. The van der Waals surface area contributed by atoms with Crippen molar-refractivity contribution in [3.8, 4) is 0 Å². The summed E-state index contributed by atoms with van der Waals surface area (Å²) in [7, 11) is 0. The highest BCUT2D eigenvalue weighted by Crippen LogP contribution is 2.28. The van der Waals surface area contributed by atoms with E-state index in [0.717, 1.165) is 32.1 Å². The topological polar surface area (TPSA) is 58.2 Å². The largest absolute Gasteiger partial charge is 0.356 e. The van der Waals surface area contributed by atoms with Crippen LogP contribution in [0.3, 0.4) is 0 Å². The van der Waals surface area contributed by atoms with Crippen LogP contribution in [-0.4, -0.2) is 30.8 Å². The monoisotopic (exact) mass is 240 g/mol. The second-order valence-corrected chi connectivity index (χ2v) is 5.17. The van der Waals surface area contributed by atoms with E-state index in [1.165, 1.54) is 19.8 Å². The Morgan fingerprint density at radius 1 is 1.53 bits per heavy atom. The Morgan fingerprint density at radius 3 is 2.82 bits per heavy atom. The van der Waals surface area contributed by atoms with Crippen LogP contribution in [0.1, 0.15) is 46.0 Å². The number of hydrogen-bond donors (Lipinski definition) is 2. The van der Waals surface area contributed by atoms with E-state index in [4.69, 9.17) is 0 Å². The van der Waals surface area contributed by atoms with Crippen LogP contribution in [-0.2, 0) is 9.59 Å². The van der Waals surface area contributed by atoms with Crippen molar-refractivity contribution in [2.45, 2.75) is 51.5 Å². The van der Waals surface area contributed by atoms with Gasteiger partial charge in [0.25, 0.3) is 0 Å². The van der Waals surface area contributed by atoms with Crippen molar-refractivity contribution < 1.29 is 9.59 Å². The highest BCUT2D eigenvalue weighted by molar-refractivity contribution is 5.72. The molecule has 98 valence electrons. The maximum atomic E-state index is 11.2. The summed E-state index contributed by atoms with van der Waals surface area (Å²) in [6, 6.07) is 0. The number of nitrogens with one attached hydrogen (secondary N) is 2. The summed E-state index contributed by atoms with van der Waals surface area (Å²) in [5.74, 6) is 0.0474. The Labute approximate surface area is 104 Å². The van der Waals surface area contributed by atoms with Gasteiger partial charge in [0, 0.05) is 24.9 Å². The van der Waals surface area contributed by atoms with Crippen LogP contribution in [0.2, 0.25) is 0 Å². The molecule has 2 atom stereocenters. The lowest BCUT2D eigenvalue weighted by Crippen LogP contribution is -2.52. The molecular weight excluding hydrogens is 216 g/mol. The van der Waals surface area contributed by atoms with Gasteiger partial charge in [0.1, 0.15) is 6.29 Å². The molecule has 1 rings (SSSR count). The Hall–Kier alpha value is -0.900. The first-order valence-electron chi connectivity index (χ1n) is 6.53. The van der Waals surface area contributed by atoms with Gasteiger partial charge in [-0.15, -0.1) is 0 Å². The molecule has 2 N–H and O–H groups in total. The Bertz CT molecular complexity index is 260. The van der Waals surface area contributed by atoms with Gasteiger partial charge in [-0.25, -0.2) is 0 Å². The molecule has 17 heavy (non-hydrogen) atoms. The molecule has 1 aliphatic rings. The molecule has 0 spiro atoms. The van der Waals surface area contributed by atoms with Crippen molar-refractivity contribution in [3.63, 3.8) is 0 Å². The first-order chi connectivity index (χ1) is 8.08. The summed E-state index contributed by atoms with van der Waals surface area (Å²) < 4.78 is 0. The molecule has 0 aliphatic carbocycles. The second kappa shape index (κ2) is 6.74. The second-order valence-electron chi connectivity index (χ2n) is 5.17. The molecule has 4 heteroatoms. The third-order valence-electron chi connectivity index (χ3n) is 3.70. The van der Waals surface area contributed by atoms with E-state index in [-0.39, 0.29) is 17.4 Å². The van der Waals surface area contributed by atoms with Gasteiger partial charge in [-0.05, 0) is 39.2 Å². The molecule has 1 fully saturated rings. The summed E-state index contributed by atoms with van der Waals surface area (Å²) >= 11 is 0. The standard InChI is InChI=1S/C13H24N2O2/c1-11(17)14-8-5-6-12(10-16)13(2)7-3-4-9-15-13/h10,12,15H,3-9H2,1-2H3,(H,14,17)/t12-,13+/m0/s1. The number of amides is 1. The molecule has 1 heterocycles. The van der Waals surface area contributed by atoms with Gasteiger partial charge >= 0.3 is 0 Å². The molecule has 0 aromatic carbocycles. The number of hydrogen-bond acceptors (Lipinski definition) is 3. The van der Waals surface area contributed by atoms with Crippen molar-refractivity contribution in [2.75, 3.05) is 13.1 Å². The van der Waals surface area contributed by atoms with E-state index in [0.29, 0.717) is 6.54 Å². The van der Waals surface area contributed by atoms with Gasteiger partial charge < -0.3 is 15.4 Å². The van der Waals surface area contributed by atoms with Gasteiger partial charge in [-0.1, -0.05) is 6.42 Å². The molecule has 0 unspecified atom stereocenters. The quantitative estimate of drug-likeness (QED) is 0.542. The molecule has 1 saturated heterocycles. The molecule has 1 aliphatic heterocycles. The maximum Gasteiger partial charge on any atom is 0.216 e. The van der Waals surface area contributed by atoms with E-state index >= 15 is 0 Å². The van der Waals surface area contributed by atoms with E-state index in [9.17, 15) is 9.59 Å². The Morgan fingerprint density at radius 2 is 2.29 bits per heavy atom. The highest BCUT2D eigenvalue weighted by atomic mass is 16.1. The minimum absolute atomic E-state index is 0.00495. The summed E-state index contributed by atoms with van der Waals surface area (Å²) in [5, 5.41) is 6.24. The smallest absolute Gasteiger partial charge is 0.216 e. The van der Waals surface area contributed by atoms with Crippen molar-refractivity contribution in [2.24, 2.45) is 5.92 Å². The normalized spacial score (nSPS) is 26.2. The number of aldehydes is 1. The zero-order valence-corrected chi connectivity index (χ0v) is 10.9. The van der Waals surface area contributed by atoms with Gasteiger partial charge in [0.15, 0.2) is 0 Å². The van der Waals surface area contributed by atoms with Crippen LogP contribution in [0.4, 0.5) is 0 Å². The molecular formula is C13H24N2O2. The third kappa shape index (κ3) is 4.46. The van der Waals surface area contributed by atoms with Crippen LogP contribution >= 0.6 is 0 Å². The summed E-state index contributed by atoms with van der Waals surface area (Å²) in [5.41, 5.74) is -0.0454. The third-order valence-corrected chi connectivity index (χ3v) is 3.70. The van der Waals surface area contributed by atoms with E-state index in [1.54, 1.807) is 0 Å². The van der Waals surface area contributed by atoms with Gasteiger partial charge in [-0.3, -0.25) is 4.79 Å². The minimum Gasteiger partial charge on any atom is -0.356 e. The fourth-order valence-corrected chi connectivity index (χ4v) is 2.52. The average molecular weight is 240 g/mol. The summed E-state index contributed by atoms with van der Waals surface area (Å²) in [6.07, 6.45) is 6.24. The van der Waals surface area contributed by atoms with Crippen LogP contribution in [0.25, 0.3) is 0 Å². The summed E-state index contributed by atoms with van der Waals surface area (Å²) in [4.78, 5) is 21.9. The first kappa shape index (κ1) is 14.2. The van der Waals surface area contributed by atoms with E-state index in [1.807, 2.05) is 0 Å². The van der Waals surface area contributed by atoms with Crippen LogP contribution in [0, 0.1) is 5.92 Å². The first-order valence-corrected chi connectivity index (χ1v) is 6.53. The SMILES string of the molecule is CC(=O)NCCC[C@@H](C=O)[C@@]1(C)CCCCN1. The Kier molecular flexibility index (Phi) is 5.62. The van der Waals surface area contributed by atoms with Crippen molar-refractivity contribution in [3.05, 3.63) is 0 Å². The van der Waals surface area contributed by atoms with Crippen molar-refractivity contribution >= 4 is 12.2 Å². The minimum atomic E-state index is -0.0454. The van der Waals surface area contributed by atoms with Gasteiger partial charge in [-0.2, -0.15) is 0 Å². The van der Waals surface area contributed by atoms with E-state index < -0.39 is 0 Å². The molecule has 0 aromatic rings. The maximum absolute atomic E-state index is 11.2. The lowest BCUT2D eigenvalue weighted by atomic mass is 9.77. The fourth-order valence-electron chi connectivity index (χ4n) is 2.52. The Balaban J connectivity index is 2.36. The van der Waals surface area contributed by atoms with Crippen LogP contribution in [0.5, 0.6) is 0 Å². The van der Waals surface area contributed by atoms with Crippen molar-refractivity contribution in [1.29, 1.82) is 0 Å². The summed E-state index contributed by atoms with van der Waals surface area (Å²) in [6.45, 7) is 5.33. The fraction of sp³-hybridized carbons (Fsp3) is 0.846. The molecule has 0 bridgehead atoms. The molecule has 0 saturated carbocycles. The average Bonchev–Trinajstić information content (AvgIpc) is 2.29. The van der Waals surface area contributed by atoms with Crippen molar-refractivity contribution in [1.82, 2.24) is 10.6 Å². The van der Waals surface area contributed by atoms with Crippen LogP contribution in [0.15, 0.2) is 0 Å². The lowest BCUT2D eigenvalue weighted by Gasteiger charge is -2.39. The molecule has 4 nitrogen and oxygen atoms in total. The zero-order valence-electron chi connectivity index (χ0n) is 10.9. The molecule has 1 amide bonds. The lowest BCUT2D eigenvalue weighted by molar-refractivity contribution is -0.118. The predicted octanol–water partition coefficient (Wildman–Crippen LogP) is 1.25. The van der Waals surface area contributed by atoms with E-state index in [2.05, 4.69) is 17.6 Å². The number of piperidine rings is 1. The molecule has 0 aromatic heterocycles. The molecule has 0 radical (unpaired) electrons. The van der Waals surface area contributed by atoms with Gasteiger partial charge in [0.2, 0.25) is 5.91 Å². The highest BCUT2D eigenvalue weighted by Gasteiger charge is 2.34. The zero-order chi connectivity index (χ0) is 12.7. The van der Waals surface area contributed by atoms with Crippen LogP contribution < -0.4 is 10.6 Å². The number of carbonyl (C=O) groups excluding carboxylic acids is 2. The number of carbonyl (C=O) groups is 2. The van der Waals surface area contributed by atoms with Gasteiger partial charge in [0.05, 0.1) is 0 Å².